The molecule has 0 aliphatic heterocycles. The molecule has 0 amide bonds. The van der Waals surface area contributed by atoms with Crippen molar-refractivity contribution in [2.45, 2.75) is 32.7 Å². The van der Waals surface area contributed by atoms with Gasteiger partial charge in [0.1, 0.15) is 4.60 Å². The van der Waals surface area contributed by atoms with Crippen LogP contribution in [0.5, 0.6) is 0 Å². The third kappa shape index (κ3) is 3.80. The lowest BCUT2D eigenvalue weighted by Gasteiger charge is -2.21. The van der Waals surface area contributed by atoms with Crippen molar-refractivity contribution in [3.8, 4) is 0 Å². The van der Waals surface area contributed by atoms with E-state index in [4.69, 9.17) is 0 Å². The van der Waals surface area contributed by atoms with E-state index in [9.17, 15) is 0 Å². The van der Waals surface area contributed by atoms with Gasteiger partial charge in [-0.25, -0.2) is 4.98 Å². The van der Waals surface area contributed by atoms with Crippen molar-refractivity contribution in [2.75, 3.05) is 5.32 Å². The second-order valence-corrected chi connectivity index (χ2v) is 5.48. The standard InChI is InChI=1S/C16H19BrN2/c1-3-7-15(13-8-5-4-6-9-13)19-14-10-11-16(17)18-12(14)2/h4-6,8-11,15,19H,3,7H2,1-2H3. The highest BCUT2D eigenvalue weighted by Gasteiger charge is 2.11. The lowest BCUT2D eigenvalue weighted by atomic mass is 10.0. The molecule has 100 valence electrons. The predicted octanol–water partition coefficient (Wildman–Crippen LogP) is 5.11. The van der Waals surface area contributed by atoms with Gasteiger partial charge < -0.3 is 5.32 Å². The summed E-state index contributed by atoms with van der Waals surface area (Å²) in [6.45, 7) is 4.24. The van der Waals surface area contributed by atoms with Gasteiger partial charge in [0, 0.05) is 0 Å². The molecule has 3 heteroatoms. The van der Waals surface area contributed by atoms with E-state index in [0.717, 1.165) is 28.8 Å². The summed E-state index contributed by atoms with van der Waals surface area (Å²) >= 11 is 3.40. The molecule has 0 fully saturated rings. The summed E-state index contributed by atoms with van der Waals surface area (Å²) in [7, 11) is 0. The Kier molecular flexibility index (Phi) is 4.97. The van der Waals surface area contributed by atoms with Crippen molar-refractivity contribution in [3.05, 3.63) is 58.3 Å². The molecule has 0 spiro atoms. The van der Waals surface area contributed by atoms with Crippen LogP contribution in [0.4, 0.5) is 5.69 Å². The van der Waals surface area contributed by atoms with Crippen LogP contribution in [0.15, 0.2) is 47.1 Å². The topological polar surface area (TPSA) is 24.9 Å². The largest absolute Gasteiger partial charge is 0.377 e. The summed E-state index contributed by atoms with van der Waals surface area (Å²) < 4.78 is 0.877. The second-order valence-electron chi connectivity index (χ2n) is 4.66. The number of pyridine rings is 1. The molecule has 0 aliphatic rings. The molecule has 2 nitrogen and oxygen atoms in total. The first-order valence-corrected chi connectivity index (χ1v) is 7.44. The number of benzene rings is 1. The van der Waals surface area contributed by atoms with Gasteiger partial charge in [-0.15, -0.1) is 0 Å². The van der Waals surface area contributed by atoms with Gasteiger partial charge in [-0.1, -0.05) is 43.7 Å². The lowest BCUT2D eigenvalue weighted by molar-refractivity contribution is 0.676. The predicted molar refractivity (Wildman–Crippen MR) is 84.4 cm³/mol. The maximum Gasteiger partial charge on any atom is 0.106 e. The number of anilines is 1. The molecule has 0 saturated carbocycles. The Morgan fingerprint density at radius 1 is 1.16 bits per heavy atom. The fraction of sp³-hybridized carbons (Fsp3) is 0.312. The first-order valence-electron chi connectivity index (χ1n) is 6.65. The van der Waals surface area contributed by atoms with Gasteiger partial charge in [-0.3, -0.25) is 0 Å². The van der Waals surface area contributed by atoms with Crippen LogP contribution in [0.3, 0.4) is 0 Å². The first-order chi connectivity index (χ1) is 9.20. The molecule has 2 aromatic rings. The van der Waals surface area contributed by atoms with Gasteiger partial charge in [-0.05, 0) is 47.0 Å². The first kappa shape index (κ1) is 14.1. The van der Waals surface area contributed by atoms with Crippen LogP contribution in [-0.2, 0) is 0 Å². The zero-order valence-electron chi connectivity index (χ0n) is 11.4. The molecule has 1 heterocycles. The molecular weight excluding hydrogens is 300 g/mol. The highest BCUT2D eigenvalue weighted by molar-refractivity contribution is 9.10. The molecule has 2 rings (SSSR count). The van der Waals surface area contributed by atoms with Crippen molar-refractivity contribution < 1.29 is 0 Å². The molecular formula is C16H19BrN2. The number of aryl methyl sites for hydroxylation is 1. The fourth-order valence-corrected chi connectivity index (χ4v) is 2.57. The molecule has 0 saturated heterocycles. The molecule has 1 atom stereocenters. The zero-order chi connectivity index (χ0) is 13.7. The summed E-state index contributed by atoms with van der Waals surface area (Å²) in [5.74, 6) is 0. The zero-order valence-corrected chi connectivity index (χ0v) is 12.9. The van der Waals surface area contributed by atoms with Crippen LogP contribution in [0.25, 0.3) is 0 Å². The molecule has 0 aliphatic carbocycles. The monoisotopic (exact) mass is 318 g/mol. The molecule has 1 unspecified atom stereocenters. The van der Waals surface area contributed by atoms with Crippen LogP contribution >= 0.6 is 15.9 Å². The van der Waals surface area contributed by atoms with E-state index in [1.54, 1.807) is 0 Å². The van der Waals surface area contributed by atoms with Gasteiger partial charge in [0.2, 0.25) is 0 Å². The van der Waals surface area contributed by atoms with E-state index in [1.165, 1.54) is 5.56 Å². The van der Waals surface area contributed by atoms with Crippen LogP contribution < -0.4 is 5.32 Å². The Balaban J connectivity index is 2.21. The van der Waals surface area contributed by atoms with Crippen molar-refractivity contribution in [1.82, 2.24) is 4.98 Å². The van der Waals surface area contributed by atoms with Gasteiger partial charge >= 0.3 is 0 Å². The van der Waals surface area contributed by atoms with Crippen LogP contribution in [0, 0.1) is 6.92 Å². The lowest BCUT2D eigenvalue weighted by Crippen LogP contribution is -2.11. The maximum atomic E-state index is 4.43. The van der Waals surface area contributed by atoms with E-state index in [2.05, 4.69) is 69.6 Å². The second kappa shape index (κ2) is 6.71. The molecule has 0 radical (unpaired) electrons. The minimum atomic E-state index is 0.341. The minimum Gasteiger partial charge on any atom is -0.377 e. The number of aromatic nitrogens is 1. The average molecular weight is 319 g/mol. The van der Waals surface area contributed by atoms with E-state index >= 15 is 0 Å². The Hall–Kier alpha value is -1.35. The average Bonchev–Trinajstić information content (AvgIpc) is 2.42. The van der Waals surface area contributed by atoms with Gasteiger partial charge in [0.15, 0.2) is 0 Å². The Morgan fingerprint density at radius 3 is 2.53 bits per heavy atom. The summed E-state index contributed by atoms with van der Waals surface area (Å²) in [5.41, 5.74) is 3.45. The van der Waals surface area contributed by atoms with Crippen LogP contribution in [0.2, 0.25) is 0 Å². The van der Waals surface area contributed by atoms with Crippen molar-refractivity contribution in [1.29, 1.82) is 0 Å². The maximum absolute atomic E-state index is 4.43. The smallest absolute Gasteiger partial charge is 0.106 e. The van der Waals surface area contributed by atoms with E-state index in [-0.39, 0.29) is 0 Å². The number of rotatable bonds is 5. The Morgan fingerprint density at radius 2 is 1.89 bits per heavy atom. The van der Waals surface area contributed by atoms with Gasteiger partial charge in [0.25, 0.3) is 0 Å². The van der Waals surface area contributed by atoms with Gasteiger partial charge in [-0.2, -0.15) is 0 Å². The van der Waals surface area contributed by atoms with E-state index < -0.39 is 0 Å². The highest BCUT2D eigenvalue weighted by Crippen LogP contribution is 2.26. The van der Waals surface area contributed by atoms with E-state index in [1.807, 2.05) is 13.0 Å². The Labute approximate surface area is 123 Å². The quantitative estimate of drug-likeness (QED) is 0.775. The minimum absolute atomic E-state index is 0.341. The van der Waals surface area contributed by atoms with Gasteiger partial charge in [0.05, 0.1) is 17.4 Å². The molecule has 1 N–H and O–H groups in total. The third-order valence-corrected chi connectivity index (χ3v) is 3.60. The van der Waals surface area contributed by atoms with Crippen LogP contribution in [0.1, 0.15) is 37.1 Å². The molecule has 1 aromatic carbocycles. The normalized spacial score (nSPS) is 12.2. The third-order valence-electron chi connectivity index (χ3n) is 3.16. The number of hydrogen-bond acceptors (Lipinski definition) is 2. The number of hydrogen-bond donors (Lipinski definition) is 1. The fourth-order valence-electron chi connectivity index (χ4n) is 2.17. The summed E-state index contributed by atoms with van der Waals surface area (Å²) in [5, 5.41) is 3.61. The SMILES string of the molecule is CCCC(Nc1ccc(Br)nc1C)c1ccccc1. The summed E-state index contributed by atoms with van der Waals surface area (Å²) in [4.78, 5) is 4.43. The van der Waals surface area contributed by atoms with Crippen LogP contribution in [-0.4, -0.2) is 4.98 Å². The molecule has 1 aromatic heterocycles. The number of halogens is 1. The summed E-state index contributed by atoms with van der Waals surface area (Å²) in [6.07, 6.45) is 2.26. The summed E-state index contributed by atoms with van der Waals surface area (Å²) in [6, 6.07) is 15.0. The van der Waals surface area contributed by atoms with E-state index in [0.29, 0.717) is 6.04 Å². The molecule has 0 bridgehead atoms. The Bertz CT molecular complexity index is 526. The highest BCUT2D eigenvalue weighted by atomic mass is 79.9. The number of nitrogens with one attached hydrogen (secondary N) is 1. The van der Waals surface area contributed by atoms with Crippen molar-refractivity contribution in [2.24, 2.45) is 0 Å². The van der Waals surface area contributed by atoms with Crippen molar-refractivity contribution >= 4 is 21.6 Å². The van der Waals surface area contributed by atoms with Crippen molar-refractivity contribution in [3.63, 3.8) is 0 Å². The molecule has 19 heavy (non-hydrogen) atoms. The number of nitrogens with zero attached hydrogens (tertiary/aromatic N) is 1.